The van der Waals surface area contributed by atoms with E-state index in [2.05, 4.69) is 17.6 Å². The van der Waals surface area contributed by atoms with Gasteiger partial charge in [0.05, 0.1) is 5.56 Å². The summed E-state index contributed by atoms with van der Waals surface area (Å²) in [6, 6.07) is 8.49. The van der Waals surface area contributed by atoms with Gasteiger partial charge < -0.3 is 10.4 Å². The Bertz CT molecular complexity index is 620. The Morgan fingerprint density at radius 3 is 2.45 bits per heavy atom. The minimum atomic E-state index is -1.06. The summed E-state index contributed by atoms with van der Waals surface area (Å²) < 4.78 is 0. The predicted molar refractivity (Wildman–Crippen MR) is 79.7 cm³/mol. The minimum Gasteiger partial charge on any atom is -0.478 e. The average molecular weight is 290 g/mol. The number of rotatable bonds is 4. The molecule has 3 N–H and O–H groups in total. The monoisotopic (exact) mass is 290 g/mol. The van der Waals surface area contributed by atoms with Crippen molar-refractivity contribution in [2.75, 3.05) is 10.6 Å². The van der Waals surface area contributed by atoms with Crippen LogP contribution in [0.5, 0.6) is 0 Å². The van der Waals surface area contributed by atoms with Crippen molar-refractivity contribution in [3.05, 3.63) is 46.8 Å². The van der Waals surface area contributed by atoms with Crippen LogP contribution < -0.4 is 10.6 Å². The number of carboxylic acid groups (broad SMARTS) is 1. The zero-order chi connectivity index (χ0) is 14.5. The first-order valence-corrected chi connectivity index (χ1v) is 6.96. The molecule has 2 aromatic rings. The number of carbonyl (C=O) groups is 2. The first-order chi connectivity index (χ1) is 9.60. The molecule has 5 nitrogen and oxygen atoms in total. The molecule has 0 unspecified atom stereocenters. The number of nitrogens with one attached hydrogen (secondary N) is 2. The molecule has 0 aliphatic rings. The maximum atomic E-state index is 11.8. The van der Waals surface area contributed by atoms with Gasteiger partial charge in [-0.15, -0.1) is 11.3 Å². The Balaban J connectivity index is 2.01. The standard InChI is InChI=1S/C14H14N2O3S/c1-2-9-3-5-10(6-4-9)15-14(19)16-12-11(13(17)18)7-8-20-12/h3-8H,2H2,1H3,(H,17,18)(H2,15,16,19). The number of hydrogen-bond acceptors (Lipinski definition) is 3. The van der Waals surface area contributed by atoms with Gasteiger partial charge in [-0.1, -0.05) is 19.1 Å². The molecular weight excluding hydrogens is 276 g/mol. The summed E-state index contributed by atoms with van der Waals surface area (Å²) in [6.45, 7) is 2.05. The van der Waals surface area contributed by atoms with Crippen LogP contribution >= 0.6 is 11.3 Å². The van der Waals surface area contributed by atoms with Crippen LogP contribution in [0.3, 0.4) is 0 Å². The van der Waals surface area contributed by atoms with Gasteiger partial charge in [0.15, 0.2) is 0 Å². The van der Waals surface area contributed by atoms with Crippen LogP contribution in [-0.2, 0) is 6.42 Å². The summed E-state index contributed by atoms with van der Waals surface area (Å²) in [5.74, 6) is -1.06. The van der Waals surface area contributed by atoms with E-state index in [1.807, 2.05) is 24.3 Å². The molecule has 6 heteroatoms. The average Bonchev–Trinajstić information content (AvgIpc) is 2.87. The molecule has 0 saturated carbocycles. The van der Waals surface area contributed by atoms with Gasteiger partial charge in [0.1, 0.15) is 5.00 Å². The molecule has 0 fully saturated rings. The Morgan fingerprint density at radius 1 is 1.15 bits per heavy atom. The highest BCUT2D eigenvalue weighted by Crippen LogP contribution is 2.23. The molecule has 104 valence electrons. The van der Waals surface area contributed by atoms with Gasteiger partial charge in [0, 0.05) is 5.69 Å². The largest absolute Gasteiger partial charge is 0.478 e. The van der Waals surface area contributed by atoms with Crippen molar-refractivity contribution >= 4 is 34.0 Å². The summed E-state index contributed by atoms with van der Waals surface area (Å²) in [6.07, 6.45) is 0.934. The number of aromatic carboxylic acids is 1. The van der Waals surface area contributed by atoms with Crippen molar-refractivity contribution in [3.63, 3.8) is 0 Å². The fourth-order valence-electron chi connectivity index (χ4n) is 1.66. The quantitative estimate of drug-likeness (QED) is 0.804. The van der Waals surface area contributed by atoms with E-state index in [-0.39, 0.29) is 5.56 Å². The number of hydrogen-bond donors (Lipinski definition) is 3. The van der Waals surface area contributed by atoms with Crippen LogP contribution in [-0.4, -0.2) is 17.1 Å². The SMILES string of the molecule is CCc1ccc(NC(=O)Nc2sccc2C(=O)O)cc1. The maximum Gasteiger partial charge on any atom is 0.338 e. The normalized spacial score (nSPS) is 10.1. The van der Waals surface area contributed by atoms with Gasteiger partial charge in [-0.3, -0.25) is 5.32 Å². The van der Waals surface area contributed by atoms with Gasteiger partial charge in [0.25, 0.3) is 0 Å². The number of benzene rings is 1. The molecule has 2 rings (SSSR count). The lowest BCUT2D eigenvalue weighted by atomic mass is 10.1. The first-order valence-electron chi connectivity index (χ1n) is 6.08. The molecule has 0 aliphatic carbocycles. The third-order valence-corrected chi connectivity index (χ3v) is 3.57. The van der Waals surface area contributed by atoms with Gasteiger partial charge in [0.2, 0.25) is 0 Å². The van der Waals surface area contributed by atoms with E-state index < -0.39 is 12.0 Å². The molecule has 0 atom stereocenters. The van der Waals surface area contributed by atoms with Crippen molar-refractivity contribution < 1.29 is 14.7 Å². The fourth-order valence-corrected chi connectivity index (χ4v) is 2.44. The topological polar surface area (TPSA) is 78.4 Å². The third-order valence-electron chi connectivity index (χ3n) is 2.74. The Morgan fingerprint density at radius 2 is 1.85 bits per heavy atom. The van der Waals surface area contributed by atoms with Gasteiger partial charge >= 0.3 is 12.0 Å². The van der Waals surface area contributed by atoms with Crippen molar-refractivity contribution in [2.45, 2.75) is 13.3 Å². The number of urea groups is 1. The zero-order valence-corrected chi connectivity index (χ0v) is 11.7. The van der Waals surface area contributed by atoms with E-state index >= 15 is 0 Å². The second-order valence-electron chi connectivity index (χ2n) is 4.10. The van der Waals surface area contributed by atoms with Gasteiger partial charge in [-0.25, -0.2) is 9.59 Å². The van der Waals surface area contributed by atoms with E-state index in [9.17, 15) is 9.59 Å². The second kappa shape index (κ2) is 6.21. The van der Waals surface area contributed by atoms with E-state index in [1.54, 1.807) is 5.38 Å². The van der Waals surface area contributed by atoms with Crippen molar-refractivity contribution in [3.8, 4) is 0 Å². The summed E-state index contributed by atoms with van der Waals surface area (Å²) in [4.78, 5) is 22.7. The second-order valence-corrected chi connectivity index (χ2v) is 5.01. The summed E-state index contributed by atoms with van der Waals surface area (Å²) in [7, 11) is 0. The zero-order valence-electron chi connectivity index (χ0n) is 10.8. The maximum absolute atomic E-state index is 11.8. The number of aryl methyl sites for hydroxylation is 1. The van der Waals surface area contributed by atoms with Crippen molar-refractivity contribution in [2.24, 2.45) is 0 Å². The lowest BCUT2D eigenvalue weighted by Gasteiger charge is -2.07. The third kappa shape index (κ3) is 3.36. The molecule has 20 heavy (non-hydrogen) atoms. The molecule has 1 heterocycles. The Labute approximate surface area is 120 Å². The van der Waals surface area contributed by atoms with E-state index in [1.165, 1.54) is 23.0 Å². The Kier molecular flexibility index (Phi) is 4.37. The van der Waals surface area contributed by atoms with Crippen molar-refractivity contribution in [1.29, 1.82) is 0 Å². The summed E-state index contributed by atoms with van der Waals surface area (Å²) in [5, 5.41) is 16.1. The molecule has 2 amide bonds. The summed E-state index contributed by atoms with van der Waals surface area (Å²) in [5.41, 5.74) is 1.93. The molecule has 1 aromatic carbocycles. The highest BCUT2D eigenvalue weighted by molar-refractivity contribution is 7.14. The lowest BCUT2D eigenvalue weighted by Crippen LogP contribution is -2.20. The van der Waals surface area contributed by atoms with Gasteiger partial charge in [-0.05, 0) is 35.6 Å². The van der Waals surface area contributed by atoms with E-state index in [0.29, 0.717) is 10.7 Å². The molecule has 0 radical (unpaired) electrons. The molecule has 0 saturated heterocycles. The summed E-state index contributed by atoms with van der Waals surface area (Å²) >= 11 is 1.17. The molecular formula is C14H14N2O3S. The smallest absolute Gasteiger partial charge is 0.338 e. The van der Waals surface area contributed by atoms with Crippen molar-refractivity contribution in [1.82, 2.24) is 0 Å². The number of amides is 2. The van der Waals surface area contributed by atoms with Crippen LogP contribution in [0.1, 0.15) is 22.8 Å². The van der Waals surface area contributed by atoms with Crippen LogP contribution in [0.15, 0.2) is 35.7 Å². The minimum absolute atomic E-state index is 0.0893. The van der Waals surface area contributed by atoms with Crippen LogP contribution in [0.25, 0.3) is 0 Å². The van der Waals surface area contributed by atoms with Crippen LogP contribution in [0.2, 0.25) is 0 Å². The van der Waals surface area contributed by atoms with Gasteiger partial charge in [-0.2, -0.15) is 0 Å². The van der Waals surface area contributed by atoms with Crippen LogP contribution in [0, 0.1) is 0 Å². The Hall–Kier alpha value is -2.34. The van der Waals surface area contributed by atoms with Crippen LogP contribution in [0.4, 0.5) is 15.5 Å². The number of anilines is 2. The van der Waals surface area contributed by atoms with E-state index in [0.717, 1.165) is 6.42 Å². The predicted octanol–water partition coefficient (Wildman–Crippen LogP) is 3.65. The first kappa shape index (κ1) is 14.1. The highest BCUT2D eigenvalue weighted by atomic mass is 32.1. The molecule has 0 aliphatic heterocycles. The lowest BCUT2D eigenvalue weighted by molar-refractivity contribution is 0.0698. The fraction of sp³-hybridized carbons (Fsp3) is 0.143. The highest BCUT2D eigenvalue weighted by Gasteiger charge is 2.13. The molecule has 0 bridgehead atoms. The molecule has 1 aromatic heterocycles. The number of carboxylic acids is 1. The van der Waals surface area contributed by atoms with E-state index in [4.69, 9.17) is 5.11 Å². The molecule has 0 spiro atoms. The number of carbonyl (C=O) groups excluding carboxylic acids is 1. The number of thiophene rings is 1.